The van der Waals surface area contributed by atoms with Gasteiger partial charge in [0.15, 0.2) is 0 Å². The molecule has 2 rings (SSSR count). The molecule has 0 atom stereocenters. The summed E-state index contributed by atoms with van der Waals surface area (Å²) >= 11 is 3.36. The molecule has 0 aliphatic rings. The van der Waals surface area contributed by atoms with Crippen molar-refractivity contribution in [3.63, 3.8) is 0 Å². The highest BCUT2D eigenvalue weighted by Crippen LogP contribution is 2.20. The number of hydrogen-bond acceptors (Lipinski definition) is 3. The molecule has 0 spiro atoms. The SMILES string of the molecule is OCc1cc(F)ccc1OCCOc1cccc(Br)c1. The van der Waals surface area contributed by atoms with Gasteiger partial charge in [0.25, 0.3) is 0 Å². The van der Waals surface area contributed by atoms with Crippen LogP contribution in [0.3, 0.4) is 0 Å². The second-order valence-corrected chi connectivity index (χ2v) is 4.98. The molecule has 5 heteroatoms. The van der Waals surface area contributed by atoms with Gasteiger partial charge in [0, 0.05) is 10.0 Å². The summed E-state index contributed by atoms with van der Waals surface area (Å²) in [6.45, 7) is 0.406. The summed E-state index contributed by atoms with van der Waals surface area (Å²) in [6, 6.07) is 11.5. The second-order valence-electron chi connectivity index (χ2n) is 4.06. The van der Waals surface area contributed by atoms with Crippen molar-refractivity contribution >= 4 is 15.9 Å². The molecule has 0 fully saturated rings. The summed E-state index contributed by atoms with van der Waals surface area (Å²) in [5.41, 5.74) is 0.424. The minimum Gasteiger partial charge on any atom is -0.490 e. The second kappa shape index (κ2) is 7.26. The van der Waals surface area contributed by atoms with Crippen molar-refractivity contribution in [2.75, 3.05) is 13.2 Å². The highest BCUT2D eigenvalue weighted by Gasteiger charge is 2.04. The van der Waals surface area contributed by atoms with E-state index in [1.807, 2.05) is 24.3 Å². The van der Waals surface area contributed by atoms with Crippen molar-refractivity contribution in [1.29, 1.82) is 0 Å². The Labute approximate surface area is 125 Å². The van der Waals surface area contributed by atoms with E-state index in [2.05, 4.69) is 15.9 Å². The molecule has 0 saturated carbocycles. The van der Waals surface area contributed by atoms with Gasteiger partial charge in [-0.25, -0.2) is 4.39 Å². The maximum Gasteiger partial charge on any atom is 0.125 e. The maximum absolute atomic E-state index is 13.0. The number of rotatable bonds is 6. The Morgan fingerprint density at radius 1 is 1.05 bits per heavy atom. The summed E-state index contributed by atoms with van der Waals surface area (Å²) in [4.78, 5) is 0. The lowest BCUT2D eigenvalue weighted by atomic mass is 10.2. The molecule has 0 saturated heterocycles. The van der Waals surface area contributed by atoms with Gasteiger partial charge >= 0.3 is 0 Å². The van der Waals surface area contributed by atoms with Gasteiger partial charge in [-0.1, -0.05) is 22.0 Å². The smallest absolute Gasteiger partial charge is 0.125 e. The number of benzene rings is 2. The van der Waals surface area contributed by atoms with Gasteiger partial charge < -0.3 is 14.6 Å². The van der Waals surface area contributed by atoms with Crippen LogP contribution in [0.5, 0.6) is 11.5 Å². The molecule has 0 aromatic heterocycles. The van der Waals surface area contributed by atoms with E-state index >= 15 is 0 Å². The van der Waals surface area contributed by atoms with E-state index in [9.17, 15) is 4.39 Å². The molecule has 2 aromatic rings. The highest BCUT2D eigenvalue weighted by molar-refractivity contribution is 9.10. The molecule has 2 aromatic carbocycles. The summed E-state index contributed by atoms with van der Waals surface area (Å²) < 4.78 is 24.9. The fourth-order valence-corrected chi connectivity index (χ4v) is 2.06. The van der Waals surface area contributed by atoms with E-state index in [0.717, 1.165) is 10.2 Å². The Morgan fingerprint density at radius 2 is 1.85 bits per heavy atom. The van der Waals surface area contributed by atoms with Crippen LogP contribution in [-0.4, -0.2) is 18.3 Å². The van der Waals surface area contributed by atoms with Crippen LogP contribution in [0.15, 0.2) is 46.9 Å². The van der Waals surface area contributed by atoms with Crippen LogP contribution in [-0.2, 0) is 6.61 Å². The first-order valence-electron chi connectivity index (χ1n) is 6.09. The minimum atomic E-state index is -0.396. The van der Waals surface area contributed by atoms with Gasteiger partial charge in [0.2, 0.25) is 0 Å². The molecule has 0 unspecified atom stereocenters. The molecule has 0 aliphatic heterocycles. The number of ether oxygens (including phenoxy) is 2. The van der Waals surface area contributed by atoms with Crippen molar-refractivity contribution in [3.05, 3.63) is 58.3 Å². The maximum atomic E-state index is 13.0. The molecular formula is C15H14BrFO3. The first-order valence-corrected chi connectivity index (χ1v) is 6.89. The zero-order valence-corrected chi connectivity index (χ0v) is 12.3. The Balaban J connectivity index is 1.84. The molecule has 20 heavy (non-hydrogen) atoms. The fourth-order valence-electron chi connectivity index (χ4n) is 1.68. The van der Waals surface area contributed by atoms with Crippen LogP contribution in [0.25, 0.3) is 0 Å². The first-order chi connectivity index (χ1) is 9.69. The summed E-state index contributed by atoms with van der Waals surface area (Å²) in [5, 5.41) is 9.12. The van der Waals surface area contributed by atoms with Crippen molar-refractivity contribution in [1.82, 2.24) is 0 Å². The third-order valence-corrected chi connectivity index (χ3v) is 3.09. The fraction of sp³-hybridized carbons (Fsp3) is 0.200. The Bertz CT molecular complexity index is 575. The normalized spacial score (nSPS) is 10.3. The van der Waals surface area contributed by atoms with Crippen molar-refractivity contribution in [2.45, 2.75) is 6.61 Å². The lowest BCUT2D eigenvalue weighted by Crippen LogP contribution is -2.10. The van der Waals surface area contributed by atoms with Gasteiger partial charge in [0.05, 0.1) is 6.61 Å². The van der Waals surface area contributed by atoms with Crippen LogP contribution >= 0.6 is 15.9 Å². The highest BCUT2D eigenvalue weighted by atomic mass is 79.9. The van der Waals surface area contributed by atoms with Crippen molar-refractivity contribution in [2.24, 2.45) is 0 Å². The molecule has 0 heterocycles. The molecule has 0 radical (unpaired) electrons. The summed E-state index contributed by atoms with van der Waals surface area (Å²) in [6.07, 6.45) is 0. The third kappa shape index (κ3) is 4.21. The average molecular weight is 341 g/mol. The summed E-state index contributed by atoms with van der Waals surface area (Å²) in [7, 11) is 0. The topological polar surface area (TPSA) is 38.7 Å². The van der Waals surface area contributed by atoms with Crippen LogP contribution in [0, 0.1) is 5.82 Å². The standard InChI is InChI=1S/C15H14BrFO3/c16-12-2-1-3-14(9-12)19-6-7-20-15-5-4-13(17)8-11(15)10-18/h1-5,8-9,18H,6-7,10H2. The third-order valence-electron chi connectivity index (χ3n) is 2.60. The van der Waals surface area contributed by atoms with Crippen LogP contribution in [0.1, 0.15) is 5.56 Å². The predicted octanol–water partition coefficient (Wildman–Crippen LogP) is 3.54. The van der Waals surface area contributed by atoms with Crippen LogP contribution in [0.2, 0.25) is 0 Å². The number of aliphatic hydroxyl groups excluding tert-OH is 1. The molecule has 0 amide bonds. The predicted molar refractivity (Wildman–Crippen MR) is 77.5 cm³/mol. The van der Waals surface area contributed by atoms with Crippen molar-refractivity contribution in [3.8, 4) is 11.5 Å². The lowest BCUT2D eigenvalue weighted by Gasteiger charge is -2.11. The molecule has 3 nitrogen and oxygen atoms in total. The van der Waals surface area contributed by atoms with E-state index in [-0.39, 0.29) is 6.61 Å². The molecule has 0 aliphatic carbocycles. The molecule has 1 N–H and O–H groups in total. The van der Waals surface area contributed by atoms with Gasteiger partial charge in [-0.2, -0.15) is 0 Å². The quantitative estimate of drug-likeness (QED) is 0.817. The Hall–Kier alpha value is -1.59. The van der Waals surface area contributed by atoms with Gasteiger partial charge in [0.1, 0.15) is 30.5 Å². The summed E-state index contributed by atoms with van der Waals surface area (Å²) in [5.74, 6) is 0.808. The molecular weight excluding hydrogens is 327 g/mol. The minimum absolute atomic E-state index is 0.264. The monoisotopic (exact) mass is 340 g/mol. The average Bonchev–Trinajstić information content (AvgIpc) is 2.45. The van der Waals surface area contributed by atoms with E-state index in [1.54, 1.807) is 0 Å². The van der Waals surface area contributed by atoms with Crippen LogP contribution < -0.4 is 9.47 Å². The van der Waals surface area contributed by atoms with E-state index in [0.29, 0.717) is 24.5 Å². The Kier molecular flexibility index (Phi) is 5.38. The largest absolute Gasteiger partial charge is 0.490 e. The number of halogens is 2. The molecule has 106 valence electrons. The zero-order chi connectivity index (χ0) is 14.4. The number of aliphatic hydroxyl groups is 1. The molecule has 0 bridgehead atoms. The van der Waals surface area contributed by atoms with Crippen LogP contribution in [0.4, 0.5) is 4.39 Å². The van der Waals surface area contributed by atoms with Gasteiger partial charge in [-0.15, -0.1) is 0 Å². The first kappa shape index (κ1) is 14.8. The van der Waals surface area contributed by atoms with E-state index in [1.165, 1.54) is 18.2 Å². The van der Waals surface area contributed by atoms with Gasteiger partial charge in [-0.3, -0.25) is 0 Å². The van der Waals surface area contributed by atoms with Crippen molar-refractivity contribution < 1.29 is 19.0 Å². The lowest BCUT2D eigenvalue weighted by molar-refractivity contribution is 0.209. The van der Waals surface area contributed by atoms with E-state index < -0.39 is 5.82 Å². The van der Waals surface area contributed by atoms with Gasteiger partial charge in [-0.05, 0) is 36.4 Å². The Morgan fingerprint density at radius 3 is 2.60 bits per heavy atom. The zero-order valence-electron chi connectivity index (χ0n) is 10.7. The van der Waals surface area contributed by atoms with E-state index in [4.69, 9.17) is 14.6 Å². The number of hydrogen-bond donors (Lipinski definition) is 1.